The van der Waals surface area contributed by atoms with Crippen LogP contribution in [0.15, 0.2) is 23.1 Å². The van der Waals surface area contributed by atoms with Crippen molar-refractivity contribution < 1.29 is 8.42 Å². The molecule has 4 nitrogen and oxygen atoms in total. The van der Waals surface area contributed by atoms with Crippen molar-refractivity contribution in [1.29, 1.82) is 0 Å². The molecule has 1 heterocycles. The zero-order chi connectivity index (χ0) is 13.3. The molecule has 1 aromatic carbocycles. The lowest BCUT2D eigenvalue weighted by Crippen LogP contribution is -2.34. The van der Waals surface area contributed by atoms with Crippen LogP contribution >= 0.6 is 12.4 Å². The van der Waals surface area contributed by atoms with E-state index in [4.69, 9.17) is 0 Å². The summed E-state index contributed by atoms with van der Waals surface area (Å²) < 4.78 is 26.9. The van der Waals surface area contributed by atoms with Gasteiger partial charge in [-0.25, -0.2) is 8.42 Å². The van der Waals surface area contributed by atoms with Gasteiger partial charge in [0.1, 0.15) is 0 Å². The highest BCUT2D eigenvalue weighted by Gasteiger charge is 2.26. The summed E-state index contributed by atoms with van der Waals surface area (Å²) in [4.78, 5) is 0.468. The second-order valence-corrected chi connectivity index (χ2v) is 7.23. The normalized spacial score (nSPS) is 20.0. The Labute approximate surface area is 127 Å². The number of nitrogens with zero attached hydrogens (tertiary/aromatic N) is 1. The molecule has 1 aliphatic carbocycles. The number of hydrogen-bond donors (Lipinski definition) is 1. The van der Waals surface area contributed by atoms with Gasteiger partial charge in [-0.15, -0.1) is 12.4 Å². The van der Waals surface area contributed by atoms with Crippen molar-refractivity contribution in [2.45, 2.75) is 30.6 Å². The molecule has 1 aromatic rings. The second kappa shape index (κ2) is 6.43. The molecule has 1 aliphatic heterocycles. The van der Waals surface area contributed by atoms with Gasteiger partial charge < -0.3 is 5.32 Å². The number of fused-ring (bicyclic) bond motifs is 1. The number of rotatable bonds is 2. The molecule has 0 spiro atoms. The van der Waals surface area contributed by atoms with Gasteiger partial charge in [0, 0.05) is 19.6 Å². The standard InChI is InChI=1S/C14H20N2O2S.ClH/c17-19(18,16-9-2-7-15-8-10-16)14-6-5-12-3-1-4-13(12)11-14;/h5-6,11,15H,1-4,7-10H2;1H. The van der Waals surface area contributed by atoms with Gasteiger partial charge in [0.25, 0.3) is 0 Å². The summed E-state index contributed by atoms with van der Waals surface area (Å²) in [5, 5.41) is 3.24. The summed E-state index contributed by atoms with van der Waals surface area (Å²) in [7, 11) is -3.31. The fraction of sp³-hybridized carbons (Fsp3) is 0.571. The molecule has 6 heteroatoms. The Morgan fingerprint density at radius 3 is 2.65 bits per heavy atom. The van der Waals surface area contributed by atoms with Gasteiger partial charge in [0.2, 0.25) is 10.0 Å². The number of hydrogen-bond acceptors (Lipinski definition) is 3. The van der Waals surface area contributed by atoms with Gasteiger partial charge in [-0.2, -0.15) is 4.31 Å². The highest BCUT2D eigenvalue weighted by molar-refractivity contribution is 7.89. The molecule has 1 saturated heterocycles. The molecule has 20 heavy (non-hydrogen) atoms. The summed E-state index contributed by atoms with van der Waals surface area (Å²) in [5.74, 6) is 0. The maximum absolute atomic E-state index is 12.6. The van der Waals surface area contributed by atoms with Crippen LogP contribution in [0.5, 0.6) is 0 Å². The van der Waals surface area contributed by atoms with Crippen molar-refractivity contribution in [2.24, 2.45) is 0 Å². The molecule has 1 N–H and O–H groups in total. The van der Waals surface area contributed by atoms with Gasteiger partial charge in [-0.05, 0) is 55.5 Å². The number of aryl methyl sites for hydroxylation is 2. The number of benzene rings is 1. The Morgan fingerprint density at radius 2 is 1.80 bits per heavy atom. The van der Waals surface area contributed by atoms with Crippen LogP contribution in [0.4, 0.5) is 0 Å². The Balaban J connectivity index is 0.00000147. The molecular weight excluding hydrogens is 296 g/mol. The first kappa shape index (κ1) is 15.8. The van der Waals surface area contributed by atoms with Crippen molar-refractivity contribution in [2.75, 3.05) is 26.2 Å². The zero-order valence-corrected chi connectivity index (χ0v) is 13.1. The Kier molecular flexibility index (Phi) is 5.07. The van der Waals surface area contributed by atoms with Gasteiger partial charge >= 0.3 is 0 Å². The Morgan fingerprint density at radius 1 is 1.00 bits per heavy atom. The molecule has 1 fully saturated rings. The van der Waals surface area contributed by atoms with Crippen molar-refractivity contribution in [3.05, 3.63) is 29.3 Å². The van der Waals surface area contributed by atoms with E-state index in [0.29, 0.717) is 18.0 Å². The summed E-state index contributed by atoms with van der Waals surface area (Å²) in [6, 6.07) is 5.65. The summed E-state index contributed by atoms with van der Waals surface area (Å²) in [5.41, 5.74) is 2.53. The molecule has 0 amide bonds. The third-order valence-corrected chi connectivity index (χ3v) is 5.90. The lowest BCUT2D eigenvalue weighted by molar-refractivity contribution is 0.432. The van der Waals surface area contributed by atoms with Gasteiger partial charge in [0.15, 0.2) is 0 Å². The van der Waals surface area contributed by atoms with E-state index in [1.54, 1.807) is 10.4 Å². The summed E-state index contributed by atoms with van der Waals surface area (Å²) in [6.45, 7) is 2.83. The van der Waals surface area contributed by atoms with Crippen LogP contribution in [0.25, 0.3) is 0 Å². The van der Waals surface area contributed by atoms with E-state index in [1.807, 2.05) is 12.1 Å². The fourth-order valence-electron chi connectivity index (χ4n) is 2.92. The molecule has 0 atom stereocenters. The van der Waals surface area contributed by atoms with Crippen molar-refractivity contribution in [1.82, 2.24) is 9.62 Å². The number of nitrogens with one attached hydrogen (secondary N) is 1. The first-order valence-electron chi connectivity index (χ1n) is 7.00. The van der Waals surface area contributed by atoms with Crippen LogP contribution in [0.1, 0.15) is 24.0 Å². The minimum Gasteiger partial charge on any atom is -0.315 e. The fourth-order valence-corrected chi connectivity index (χ4v) is 4.45. The molecule has 0 bridgehead atoms. The first-order chi connectivity index (χ1) is 9.18. The van der Waals surface area contributed by atoms with Crippen molar-refractivity contribution in [3.8, 4) is 0 Å². The van der Waals surface area contributed by atoms with E-state index in [-0.39, 0.29) is 12.4 Å². The quantitative estimate of drug-likeness (QED) is 0.901. The molecule has 0 saturated carbocycles. The van der Waals surface area contributed by atoms with Crippen LogP contribution in [0, 0.1) is 0 Å². The van der Waals surface area contributed by atoms with Crippen molar-refractivity contribution in [3.63, 3.8) is 0 Å². The van der Waals surface area contributed by atoms with E-state index in [1.165, 1.54) is 11.1 Å². The molecule has 3 rings (SSSR count). The molecule has 0 radical (unpaired) electrons. The van der Waals surface area contributed by atoms with Crippen LogP contribution in [0.3, 0.4) is 0 Å². The maximum atomic E-state index is 12.6. The predicted molar refractivity (Wildman–Crippen MR) is 82.0 cm³/mol. The number of sulfonamides is 1. The van der Waals surface area contributed by atoms with E-state index >= 15 is 0 Å². The number of halogens is 1. The minimum atomic E-state index is -3.31. The van der Waals surface area contributed by atoms with Gasteiger partial charge in [0.05, 0.1) is 4.90 Å². The molecule has 112 valence electrons. The summed E-state index contributed by atoms with van der Waals surface area (Å²) >= 11 is 0. The largest absolute Gasteiger partial charge is 0.315 e. The van der Waals surface area contributed by atoms with E-state index in [9.17, 15) is 8.42 Å². The SMILES string of the molecule is Cl.O=S(=O)(c1ccc2c(c1)CCC2)N1CCCNCC1. The lowest BCUT2D eigenvalue weighted by Gasteiger charge is -2.20. The predicted octanol–water partition coefficient (Wildman–Crippen LogP) is 1.58. The third kappa shape index (κ3) is 3.01. The van der Waals surface area contributed by atoms with Crippen LogP contribution in [-0.4, -0.2) is 38.9 Å². The average molecular weight is 317 g/mol. The van der Waals surface area contributed by atoms with E-state index in [0.717, 1.165) is 38.8 Å². The third-order valence-electron chi connectivity index (χ3n) is 4.01. The topological polar surface area (TPSA) is 49.4 Å². The maximum Gasteiger partial charge on any atom is 0.243 e. The van der Waals surface area contributed by atoms with Crippen LogP contribution in [0.2, 0.25) is 0 Å². The minimum absolute atomic E-state index is 0. The Bertz CT molecular complexity index is 567. The molecular formula is C14H21ClN2O2S. The van der Waals surface area contributed by atoms with E-state index < -0.39 is 10.0 Å². The highest BCUT2D eigenvalue weighted by Crippen LogP contribution is 2.26. The van der Waals surface area contributed by atoms with Crippen LogP contribution < -0.4 is 5.32 Å². The van der Waals surface area contributed by atoms with Gasteiger partial charge in [-0.1, -0.05) is 6.07 Å². The second-order valence-electron chi connectivity index (χ2n) is 5.29. The Hall–Kier alpha value is -0.620. The smallest absolute Gasteiger partial charge is 0.243 e. The monoisotopic (exact) mass is 316 g/mol. The molecule has 0 aromatic heterocycles. The summed E-state index contributed by atoms with van der Waals surface area (Å²) in [6.07, 6.45) is 4.13. The van der Waals surface area contributed by atoms with Crippen LogP contribution in [-0.2, 0) is 22.9 Å². The lowest BCUT2D eigenvalue weighted by atomic mass is 10.1. The molecule has 2 aliphatic rings. The molecule has 0 unspecified atom stereocenters. The van der Waals surface area contributed by atoms with E-state index in [2.05, 4.69) is 5.32 Å². The average Bonchev–Trinajstić information content (AvgIpc) is 2.69. The van der Waals surface area contributed by atoms with Gasteiger partial charge in [-0.3, -0.25) is 0 Å². The highest BCUT2D eigenvalue weighted by atomic mass is 35.5. The first-order valence-corrected chi connectivity index (χ1v) is 8.44. The zero-order valence-electron chi connectivity index (χ0n) is 11.5. The van der Waals surface area contributed by atoms with Crippen molar-refractivity contribution >= 4 is 22.4 Å².